The molecule has 5 aliphatic carbocycles. The van der Waals surface area contributed by atoms with E-state index in [1.165, 1.54) is 66.9 Å². The van der Waals surface area contributed by atoms with Crippen LogP contribution < -0.4 is 25.8 Å². The van der Waals surface area contributed by atoms with Crippen LogP contribution in [0.1, 0.15) is 217 Å². The fraction of sp³-hybridized carbons (Fsp3) is 0.418. The number of carboxylic acids is 1. The maximum atomic E-state index is 12.8. The highest BCUT2D eigenvalue weighted by Crippen LogP contribution is 2.66. The van der Waals surface area contributed by atoms with Gasteiger partial charge in [0, 0.05) is 134 Å². The summed E-state index contributed by atoms with van der Waals surface area (Å²) in [7, 11) is 0. The number of aromatic nitrogens is 8. The number of H-pyrrole nitrogens is 2. The lowest BCUT2D eigenvalue weighted by Gasteiger charge is -2.48. The molecule has 2 saturated heterocycles. The maximum absolute atomic E-state index is 12.8. The lowest BCUT2D eigenvalue weighted by atomic mass is 9.56. The first kappa shape index (κ1) is 98.0. The Morgan fingerprint density at radius 2 is 1.52 bits per heavy atom. The molecule has 5 aromatic heterocycles. The van der Waals surface area contributed by atoms with E-state index in [9.17, 15) is 24.0 Å². The fourth-order valence-electron chi connectivity index (χ4n) is 21.4. The highest BCUT2D eigenvalue weighted by Gasteiger charge is 2.62. The zero-order chi connectivity index (χ0) is 94.8. The number of nitrogens with zero attached hydrogens (tertiary/aromatic N) is 8. The van der Waals surface area contributed by atoms with Crippen LogP contribution in [0.25, 0.3) is 56.7 Å². The molecule has 4 aromatic carbocycles. The van der Waals surface area contributed by atoms with Crippen molar-refractivity contribution in [2.45, 2.75) is 222 Å². The first-order valence-electron chi connectivity index (χ1n) is 47.6. The lowest BCUT2D eigenvalue weighted by molar-refractivity contribution is -0.131. The second-order valence-corrected chi connectivity index (χ2v) is 39.1. The van der Waals surface area contributed by atoms with Crippen LogP contribution in [-0.2, 0) is 36.8 Å². The molecular weight excluding hydrogens is 1720 g/mol. The van der Waals surface area contributed by atoms with Gasteiger partial charge in [-0.05, 0) is 260 Å². The number of fused-ring (bicyclic) bond motifs is 7. The molecule has 4 fully saturated rings. The third-order valence-electron chi connectivity index (χ3n) is 28.4. The number of ether oxygens (including phenoxy) is 3. The third-order valence-corrected chi connectivity index (χ3v) is 29.0. The van der Waals surface area contributed by atoms with Crippen LogP contribution in [0.4, 0.5) is 5.82 Å². The molecular formula is C110H127Cl2N13O9. The number of nitriles is 1. The smallest absolute Gasteiger partial charge is 0.328 e. The largest absolute Gasteiger partial charge is 0.478 e. The van der Waals surface area contributed by atoms with E-state index in [1.807, 2.05) is 97.9 Å². The van der Waals surface area contributed by atoms with Crippen LogP contribution in [0.3, 0.4) is 0 Å². The van der Waals surface area contributed by atoms with Crippen LogP contribution >= 0.6 is 23.2 Å². The summed E-state index contributed by atoms with van der Waals surface area (Å²) in [5, 5.41) is 25.1. The minimum Gasteiger partial charge on any atom is -0.478 e. The Morgan fingerprint density at radius 1 is 0.739 bits per heavy atom. The number of halogens is 2. The monoisotopic (exact) mass is 1840 g/mol. The van der Waals surface area contributed by atoms with Crippen LogP contribution in [0.15, 0.2) is 228 Å². The number of unbranched alkanes of at least 4 members (excludes halogenated alkanes) is 3. The first-order chi connectivity index (χ1) is 64.5. The normalized spacial score (nSPS) is 22.2. The number of carboxylic acid groups (broad SMARTS) is 1. The second kappa shape index (κ2) is 44.9. The van der Waals surface area contributed by atoms with Crippen LogP contribution in [0.2, 0.25) is 10.0 Å². The quantitative estimate of drug-likeness (QED) is 0.0110. The Balaban J connectivity index is 0.000000151. The molecule has 9 aromatic rings. The zero-order valence-electron chi connectivity index (χ0n) is 78.9. The minimum atomic E-state index is -0.912. The van der Waals surface area contributed by atoms with E-state index in [2.05, 4.69) is 131 Å². The molecule has 24 heteroatoms. The van der Waals surface area contributed by atoms with Crippen molar-refractivity contribution in [1.82, 2.24) is 50.1 Å². The topological polar surface area (TPSA) is 319 Å². The average Bonchev–Trinajstić information content (AvgIpc) is 1.54. The SMILES string of the molecule is CC1=C(/C=C/C(C)=C/C=C/C(C)=C/C(=O)O)C(C)(C)CCC1.CC1=C2CC3C(CCC4=CC(=O)CCC43C)C2CCC12O[C@@H]1CC(C)CN(CCNC(=O)CCCCCCC(=O)CCc3ccccc3)C1C2C.Cc1cnc(-c2cnc(CCCNc3ccc(C#N)cn3)nc2-c2ccc(Cl)cc2Cl)[nH]1.NC(=O)c1ccc(-c2nc(-c3ccc4c(c3)OCO4)c(-c3ccccn3)[nH]2)cc1. The predicted octanol–water partition coefficient (Wildman–Crippen LogP) is 23.3. The molecule has 700 valence electrons. The van der Waals surface area contributed by atoms with Crippen molar-refractivity contribution in [2.24, 2.45) is 46.2 Å². The molecule has 8 heterocycles. The van der Waals surface area contributed by atoms with E-state index >= 15 is 0 Å². The van der Waals surface area contributed by atoms with Crippen LogP contribution in [-0.4, -0.2) is 130 Å². The molecule has 8 unspecified atom stereocenters. The van der Waals surface area contributed by atoms with E-state index in [4.69, 9.17) is 63.5 Å². The second-order valence-electron chi connectivity index (χ2n) is 38.3. The highest BCUT2D eigenvalue weighted by molar-refractivity contribution is 6.36. The predicted molar refractivity (Wildman–Crippen MR) is 530 cm³/mol. The Morgan fingerprint density at radius 3 is 2.25 bits per heavy atom. The molecule has 8 aliphatic rings. The van der Waals surface area contributed by atoms with E-state index in [0.717, 1.165) is 145 Å². The molecule has 2 amide bonds. The first-order valence-corrected chi connectivity index (χ1v) is 48.4. The number of carbonyl (C=O) groups excluding carboxylic acids is 4. The van der Waals surface area contributed by atoms with Crippen molar-refractivity contribution in [2.75, 3.05) is 38.3 Å². The third kappa shape index (κ3) is 24.2. The number of benzene rings is 4. The molecule has 0 bridgehead atoms. The minimum absolute atomic E-state index is 0.151. The number of anilines is 1. The number of primary amides is 1. The number of pyridine rings is 2. The standard InChI is InChI=1S/C45H64N2O4.C23H19Cl2N7.C22H16N4O3.C20H28O2/c1-30-26-41-43(47(29-30)25-24-46-42(50)15-11-6-5-10-14-35(48)18-16-33-12-8-7-9-13-33)32(3)45(51-41)23-21-37-38-19-17-34-27-36(49)20-22-44(34,4)40(38)28-39(37)31(45)2;1-14-11-30-23(31-14)18-13-29-21(32-22(18)17-6-5-16(24)9-19(17)25)3-2-8-27-20-7-4-15(10-26)12-28-20;23-21(27)13-4-6-14(7-5-13)22-25-19(20(26-22)16-3-1-2-10-24-16)15-8-9-17-18(11-15)29-12-28-17;1-15(8-6-9-16(2)14-19(21)22)11-12-18-17(3)10-7-13-20(18,4)5/h7-9,12-13,27,30,32,37-38,40-41,43H,5-6,10-11,14-26,28-29H2,1-4H3,(H,46,50);4-7,9,11-13H,2-3,8H2,1H3,(H,27,28)(H,30,31);1-11H,12H2,(H2,23,27)(H,25,26);6,8-9,11-12,14H,7,10,13H2,1-5H3,(H,21,22)/b;;;9-6+,12-11+,15-8+,16-14+/t30?,32?,37?,38?,40?,41-,43?,44?,45?;;;/m1.../s1. The number of carbonyl (C=O) groups is 5. The summed E-state index contributed by atoms with van der Waals surface area (Å²) in [6.07, 6.45) is 40.8. The van der Waals surface area contributed by atoms with Crippen LogP contribution in [0.5, 0.6) is 11.5 Å². The average molecular weight is 1850 g/mol. The number of aryl methyl sites for hydroxylation is 3. The van der Waals surface area contributed by atoms with Gasteiger partial charge in [-0.15, -0.1) is 0 Å². The maximum Gasteiger partial charge on any atom is 0.328 e. The summed E-state index contributed by atoms with van der Waals surface area (Å²) < 4.78 is 18.2. The van der Waals surface area contributed by atoms with Gasteiger partial charge in [-0.25, -0.2) is 29.7 Å². The summed E-state index contributed by atoms with van der Waals surface area (Å²) in [5.41, 5.74) is 24.6. The number of rotatable bonds is 29. The van der Waals surface area contributed by atoms with Gasteiger partial charge in [0.05, 0.1) is 50.6 Å². The number of allylic oxidation sites excluding steroid dienone is 12. The van der Waals surface area contributed by atoms with Gasteiger partial charge in [0.15, 0.2) is 17.3 Å². The number of Topliss-reactive ketones (excluding diaryl/α,β-unsaturated/α-hetero) is 1. The summed E-state index contributed by atoms with van der Waals surface area (Å²) in [6, 6.07) is 39.9. The Hall–Kier alpha value is -12.0. The number of likely N-dealkylation sites (tertiary alicyclic amines) is 1. The van der Waals surface area contributed by atoms with Crippen molar-refractivity contribution in [3.8, 4) is 74.2 Å². The van der Waals surface area contributed by atoms with Crippen molar-refractivity contribution >= 4 is 58.4 Å². The molecule has 7 N–H and O–H groups in total. The van der Waals surface area contributed by atoms with Gasteiger partial charge < -0.3 is 45.7 Å². The molecule has 17 rings (SSSR count). The number of nitrogens with two attached hydrogens (primary N) is 1. The Labute approximate surface area is 798 Å². The Bertz CT molecular complexity index is 5980. The summed E-state index contributed by atoms with van der Waals surface area (Å²) in [5.74, 6) is 6.73. The van der Waals surface area contributed by atoms with E-state index in [-0.39, 0.29) is 35.2 Å². The van der Waals surface area contributed by atoms with Gasteiger partial charge in [0.2, 0.25) is 18.6 Å². The van der Waals surface area contributed by atoms with Crippen molar-refractivity contribution in [3.63, 3.8) is 0 Å². The van der Waals surface area contributed by atoms with Gasteiger partial charge in [0.25, 0.3) is 0 Å². The molecule has 9 atom stereocenters. The number of aliphatic carboxylic acids is 1. The summed E-state index contributed by atoms with van der Waals surface area (Å²) in [4.78, 5) is 95.8. The lowest BCUT2D eigenvalue weighted by Crippen LogP contribution is -2.54. The number of hydrogen-bond acceptors (Lipinski definition) is 17. The van der Waals surface area contributed by atoms with Crippen molar-refractivity contribution in [3.05, 3.63) is 266 Å². The summed E-state index contributed by atoms with van der Waals surface area (Å²) >= 11 is 12.6. The van der Waals surface area contributed by atoms with Crippen molar-refractivity contribution < 1.29 is 43.3 Å². The van der Waals surface area contributed by atoms with Crippen molar-refractivity contribution in [1.29, 1.82) is 5.26 Å². The number of piperidine rings is 1. The highest BCUT2D eigenvalue weighted by atomic mass is 35.5. The fourth-order valence-corrected chi connectivity index (χ4v) is 21.9. The molecule has 134 heavy (non-hydrogen) atoms. The number of aromatic amines is 2. The van der Waals surface area contributed by atoms with E-state index in [1.54, 1.807) is 85.3 Å². The number of imidazole rings is 2. The number of amides is 2. The molecule has 2 saturated carbocycles. The van der Waals surface area contributed by atoms with Gasteiger partial charge in [0.1, 0.15) is 35.1 Å². The molecule has 3 aliphatic heterocycles. The van der Waals surface area contributed by atoms with Crippen LogP contribution in [0, 0.1) is 58.7 Å². The number of hydrogen-bond donors (Lipinski definition) is 6. The van der Waals surface area contributed by atoms with Gasteiger partial charge in [-0.1, -0.05) is 172 Å². The van der Waals surface area contributed by atoms with E-state index < -0.39 is 11.9 Å². The molecule has 22 nitrogen and oxygen atoms in total. The van der Waals surface area contributed by atoms with Gasteiger partial charge in [-0.3, -0.25) is 29.1 Å². The summed E-state index contributed by atoms with van der Waals surface area (Å²) in [6.45, 7) is 25.9. The Kier molecular flexibility index (Phi) is 32.8. The van der Waals surface area contributed by atoms with Gasteiger partial charge in [-0.2, -0.15) is 5.26 Å². The number of ketones is 2. The molecule has 0 radical (unpaired) electrons. The number of nitrogens with one attached hydrogen (secondary N) is 4. The zero-order valence-corrected chi connectivity index (χ0v) is 80.5. The van der Waals surface area contributed by atoms with E-state index in [0.29, 0.717) is 142 Å². The molecule has 1 spiro atoms. The van der Waals surface area contributed by atoms with Gasteiger partial charge >= 0.3 is 5.97 Å².